The molecule has 0 aliphatic carbocycles. The lowest BCUT2D eigenvalue weighted by Crippen LogP contribution is -2.20. The van der Waals surface area contributed by atoms with Crippen LogP contribution in [0.25, 0.3) is 33.5 Å². The number of halogens is 1. The summed E-state index contributed by atoms with van der Waals surface area (Å²) in [5, 5.41) is 26.9. The Bertz CT molecular complexity index is 2140. The number of rotatable bonds is 7. The van der Waals surface area contributed by atoms with Crippen molar-refractivity contribution in [3.05, 3.63) is 133 Å². The van der Waals surface area contributed by atoms with Gasteiger partial charge in [-0.1, -0.05) is 41.9 Å². The summed E-state index contributed by atoms with van der Waals surface area (Å²) in [6.07, 6.45) is 1.29. The molecule has 6 rings (SSSR count). The quantitative estimate of drug-likeness (QED) is 0.117. The Morgan fingerprint density at radius 2 is 1.88 bits per heavy atom. The smallest absolute Gasteiger partial charge is 0.282 e. The lowest BCUT2D eigenvalue weighted by atomic mass is 10.1. The number of nitro benzene ring substituents is 1. The summed E-state index contributed by atoms with van der Waals surface area (Å²) >= 11 is 6.15. The molecule has 42 heavy (non-hydrogen) atoms. The van der Waals surface area contributed by atoms with Crippen molar-refractivity contribution in [1.29, 1.82) is 5.26 Å². The molecule has 11 heteroatoms. The first-order valence-electron chi connectivity index (χ1n) is 12.6. The molecule has 0 saturated heterocycles. The Morgan fingerprint density at radius 3 is 2.71 bits per heavy atom. The number of aromatic nitrogens is 2. The highest BCUT2D eigenvalue weighted by molar-refractivity contribution is 6.31. The Kier molecular flexibility index (Phi) is 6.92. The fraction of sp³-hybridized carbons (Fsp3) is 0.0323. The fourth-order valence-electron chi connectivity index (χ4n) is 4.43. The molecule has 0 fully saturated rings. The second kappa shape index (κ2) is 11.0. The summed E-state index contributed by atoms with van der Waals surface area (Å²) in [5.74, 6) is 0.660. The number of non-ortho nitro benzene ring substituents is 1. The highest BCUT2D eigenvalue weighted by atomic mass is 35.5. The van der Waals surface area contributed by atoms with Gasteiger partial charge >= 0.3 is 0 Å². The van der Waals surface area contributed by atoms with E-state index >= 15 is 0 Å². The van der Waals surface area contributed by atoms with Gasteiger partial charge in [0.25, 0.3) is 11.2 Å². The molecule has 2 aromatic heterocycles. The van der Waals surface area contributed by atoms with Crippen molar-refractivity contribution >= 4 is 45.4 Å². The maximum absolute atomic E-state index is 13.6. The number of ether oxygens (including phenoxy) is 1. The van der Waals surface area contributed by atoms with E-state index in [1.807, 2.05) is 0 Å². The zero-order chi connectivity index (χ0) is 29.2. The van der Waals surface area contributed by atoms with Crippen LogP contribution in [0.2, 0.25) is 5.02 Å². The minimum absolute atomic E-state index is 0.0344. The molecule has 204 valence electrons. The van der Waals surface area contributed by atoms with Crippen molar-refractivity contribution in [2.75, 3.05) is 0 Å². The predicted octanol–water partition coefficient (Wildman–Crippen LogP) is 6.70. The predicted molar refractivity (Wildman–Crippen MR) is 158 cm³/mol. The van der Waals surface area contributed by atoms with Crippen LogP contribution in [0.4, 0.5) is 5.69 Å². The molecular formula is C31H18ClN5O5. The van der Waals surface area contributed by atoms with Gasteiger partial charge in [-0.2, -0.15) is 15.0 Å². The molecule has 0 atom stereocenters. The Morgan fingerprint density at radius 1 is 1.07 bits per heavy atom. The first-order valence-corrected chi connectivity index (χ1v) is 12.9. The Hall–Kier alpha value is -5.79. The molecular weight excluding hydrogens is 558 g/mol. The van der Waals surface area contributed by atoms with Gasteiger partial charge in [-0.05, 0) is 48.5 Å². The molecule has 0 N–H and O–H groups in total. The normalized spacial score (nSPS) is 11.2. The largest absolute Gasteiger partial charge is 0.488 e. The molecule has 10 nitrogen and oxygen atoms in total. The molecule has 0 bridgehead atoms. The topological polar surface area (TPSA) is 137 Å². The van der Waals surface area contributed by atoms with Gasteiger partial charge in [-0.3, -0.25) is 14.9 Å². The highest BCUT2D eigenvalue weighted by Gasteiger charge is 2.18. The summed E-state index contributed by atoms with van der Waals surface area (Å²) in [6.45, 7) is 0.0344. The summed E-state index contributed by atoms with van der Waals surface area (Å²) in [5.41, 5.74) is 1.64. The number of nitrogens with zero attached hydrogens (tertiary/aromatic N) is 5. The number of hydrogen-bond donors (Lipinski definition) is 0. The number of para-hydroxylation sites is 1. The van der Waals surface area contributed by atoms with Gasteiger partial charge in [-0.25, -0.2) is 4.98 Å². The minimum Gasteiger partial charge on any atom is -0.488 e. The zero-order valence-electron chi connectivity index (χ0n) is 21.6. The fourth-order valence-corrected chi connectivity index (χ4v) is 4.61. The Balaban J connectivity index is 1.47. The van der Waals surface area contributed by atoms with Crippen molar-refractivity contribution in [1.82, 2.24) is 9.66 Å². The third kappa shape index (κ3) is 5.08. The first kappa shape index (κ1) is 26.4. The van der Waals surface area contributed by atoms with Gasteiger partial charge in [-0.15, -0.1) is 0 Å². The van der Waals surface area contributed by atoms with Crippen LogP contribution in [0.3, 0.4) is 0 Å². The highest BCUT2D eigenvalue weighted by Crippen LogP contribution is 2.30. The van der Waals surface area contributed by atoms with Gasteiger partial charge < -0.3 is 9.15 Å². The van der Waals surface area contributed by atoms with E-state index in [4.69, 9.17) is 20.8 Å². The summed E-state index contributed by atoms with van der Waals surface area (Å²) in [4.78, 5) is 29.3. The van der Waals surface area contributed by atoms with Gasteiger partial charge in [0.15, 0.2) is 5.76 Å². The van der Waals surface area contributed by atoms with E-state index in [0.29, 0.717) is 38.0 Å². The molecule has 0 aliphatic heterocycles. The maximum atomic E-state index is 13.6. The summed E-state index contributed by atoms with van der Waals surface area (Å²) in [6, 6.07) is 26.8. The van der Waals surface area contributed by atoms with Crippen LogP contribution in [0.5, 0.6) is 5.75 Å². The first-order chi connectivity index (χ1) is 20.4. The van der Waals surface area contributed by atoms with Crippen LogP contribution >= 0.6 is 11.6 Å². The second-order valence-electron chi connectivity index (χ2n) is 9.14. The monoisotopic (exact) mass is 575 g/mol. The lowest BCUT2D eigenvalue weighted by Gasteiger charge is -2.11. The average molecular weight is 576 g/mol. The number of benzene rings is 4. The van der Waals surface area contributed by atoms with Gasteiger partial charge in [0.2, 0.25) is 5.82 Å². The van der Waals surface area contributed by atoms with Gasteiger partial charge in [0, 0.05) is 33.7 Å². The van der Waals surface area contributed by atoms with Crippen molar-refractivity contribution in [2.24, 2.45) is 5.10 Å². The average Bonchev–Trinajstić information content (AvgIpc) is 3.43. The van der Waals surface area contributed by atoms with Crippen LogP contribution in [0.15, 0.2) is 105 Å². The van der Waals surface area contributed by atoms with E-state index in [-0.39, 0.29) is 35.2 Å². The molecule has 0 aliphatic rings. The van der Waals surface area contributed by atoms with Gasteiger partial charge in [0.05, 0.1) is 33.7 Å². The van der Waals surface area contributed by atoms with Crippen molar-refractivity contribution in [2.45, 2.75) is 6.61 Å². The molecule has 0 radical (unpaired) electrons. The molecule has 2 heterocycles. The third-order valence-electron chi connectivity index (χ3n) is 6.49. The SMILES string of the molecule is N#Cc1ccccc1COc1ccc([N+](=O)[O-])cc1C=Nn1c(-c2cc3cc(Cl)ccc3o2)nc2ccccc2c1=O. The molecule has 0 amide bonds. The van der Waals surface area contributed by atoms with Crippen molar-refractivity contribution < 1.29 is 14.1 Å². The summed E-state index contributed by atoms with van der Waals surface area (Å²) < 4.78 is 13.0. The number of nitriles is 1. The second-order valence-corrected chi connectivity index (χ2v) is 9.58. The third-order valence-corrected chi connectivity index (χ3v) is 6.73. The van der Waals surface area contributed by atoms with Gasteiger partial charge in [0.1, 0.15) is 17.9 Å². The van der Waals surface area contributed by atoms with Crippen LogP contribution in [-0.2, 0) is 6.61 Å². The van der Waals surface area contributed by atoms with Crippen molar-refractivity contribution in [3.8, 4) is 23.4 Å². The zero-order valence-corrected chi connectivity index (χ0v) is 22.4. The maximum Gasteiger partial charge on any atom is 0.282 e. The molecule has 4 aromatic carbocycles. The Labute approximate surface area is 242 Å². The number of furan rings is 1. The van der Waals surface area contributed by atoms with Crippen molar-refractivity contribution in [3.63, 3.8) is 0 Å². The van der Waals surface area contributed by atoms with Crippen LogP contribution < -0.4 is 10.3 Å². The standard InChI is InChI=1S/C31H18ClN5O5/c32-23-9-11-28-21(13-23)15-29(42-28)30-35-26-8-4-3-7-25(26)31(38)36(30)34-17-22-14-24(37(39)40)10-12-27(22)41-18-20-6-2-1-5-19(20)16-33/h1-15,17H,18H2. The van der Waals surface area contributed by atoms with Crippen LogP contribution in [0.1, 0.15) is 16.7 Å². The van der Waals surface area contributed by atoms with E-state index < -0.39 is 10.5 Å². The van der Waals surface area contributed by atoms with Crippen LogP contribution in [-0.4, -0.2) is 20.8 Å². The summed E-state index contributed by atoms with van der Waals surface area (Å²) in [7, 11) is 0. The van der Waals surface area contributed by atoms with E-state index in [0.717, 1.165) is 4.68 Å². The van der Waals surface area contributed by atoms with E-state index in [2.05, 4.69) is 16.2 Å². The number of hydrogen-bond acceptors (Lipinski definition) is 8. The van der Waals surface area contributed by atoms with E-state index in [9.17, 15) is 20.2 Å². The molecule has 6 aromatic rings. The number of fused-ring (bicyclic) bond motifs is 2. The van der Waals surface area contributed by atoms with E-state index in [1.165, 1.54) is 24.4 Å². The van der Waals surface area contributed by atoms with Crippen LogP contribution in [0, 0.1) is 21.4 Å². The molecule has 0 saturated carbocycles. The number of nitro groups is 1. The van der Waals surface area contributed by atoms with E-state index in [1.54, 1.807) is 72.8 Å². The molecule has 0 unspecified atom stereocenters. The lowest BCUT2D eigenvalue weighted by molar-refractivity contribution is -0.384. The molecule has 0 spiro atoms. The minimum atomic E-state index is -0.541.